The number of Topliss-reactive ketones (excluding diaryl/α,β-unsaturated/α-hetero) is 1. The Labute approximate surface area is 194 Å². The van der Waals surface area contributed by atoms with Crippen molar-refractivity contribution in [3.05, 3.63) is 120 Å². The average molecular weight is 520 g/mol. The number of hydrogen-bond donors (Lipinski definition) is 0. The van der Waals surface area contributed by atoms with Crippen molar-refractivity contribution in [1.29, 1.82) is 0 Å². The molecule has 0 bridgehead atoms. The van der Waals surface area contributed by atoms with E-state index in [1.165, 1.54) is 11.1 Å². The zero-order chi connectivity index (χ0) is 20.9. The normalized spacial score (nSPS) is 12.9. The highest BCUT2D eigenvalue weighted by atomic mass is 79.9. The molecule has 0 fully saturated rings. The maximum absolute atomic E-state index is 13.1. The Bertz CT molecular complexity index is 1010. The highest BCUT2D eigenvalue weighted by Crippen LogP contribution is 2.36. The molecule has 4 aromatic carbocycles. The maximum Gasteiger partial charge on any atom is 0.168 e. The molecular formula is C27H20Br2O. The van der Waals surface area contributed by atoms with Gasteiger partial charge in [-0.2, -0.15) is 0 Å². The Hall–Kier alpha value is -2.49. The Morgan fingerprint density at radius 2 is 0.767 bits per heavy atom. The van der Waals surface area contributed by atoms with Gasteiger partial charge < -0.3 is 0 Å². The zero-order valence-corrected chi connectivity index (χ0v) is 19.4. The molecule has 1 nitrogen and oxygen atoms in total. The molecule has 0 N–H and O–H groups in total. The Morgan fingerprint density at radius 3 is 1.10 bits per heavy atom. The molecule has 0 saturated carbocycles. The van der Waals surface area contributed by atoms with Gasteiger partial charge in [0, 0.05) is 0 Å². The third-order valence-corrected chi connectivity index (χ3v) is 7.08. The van der Waals surface area contributed by atoms with Crippen LogP contribution in [0.4, 0.5) is 0 Å². The van der Waals surface area contributed by atoms with Crippen LogP contribution in [-0.2, 0) is 4.79 Å². The molecule has 2 atom stereocenters. The first-order valence-electron chi connectivity index (χ1n) is 9.76. The van der Waals surface area contributed by atoms with Crippen molar-refractivity contribution in [2.75, 3.05) is 0 Å². The molecule has 148 valence electrons. The predicted octanol–water partition coefficient (Wildman–Crippen LogP) is 8.16. The molecule has 0 aliphatic carbocycles. The van der Waals surface area contributed by atoms with Crippen LogP contribution in [0.3, 0.4) is 0 Å². The van der Waals surface area contributed by atoms with Crippen molar-refractivity contribution < 1.29 is 4.79 Å². The number of halogens is 2. The van der Waals surface area contributed by atoms with E-state index in [1.54, 1.807) is 0 Å². The van der Waals surface area contributed by atoms with Crippen molar-refractivity contribution in [2.45, 2.75) is 9.65 Å². The molecule has 0 aliphatic heterocycles. The van der Waals surface area contributed by atoms with Gasteiger partial charge in [-0.1, -0.05) is 141 Å². The molecule has 0 heterocycles. The highest BCUT2D eigenvalue weighted by molar-refractivity contribution is 9.10. The van der Waals surface area contributed by atoms with E-state index in [1.807, 2.05) is 60.7 Å². The number of alkyl halides is 2. The smallest absolute Gasteiger partial charge is 0.168 e. The first kappa shape index (κ1) is 20.8. The van der Waals surface area contributed by atoms with Gasteiger partial charge >= 0.3 is 0 Å². The van der Waals surface area contributed by atoms with E-state index in [2.05, 4.69) is 80.4 Å². The number of hydrogen-bond acceptors (Lipinski definition) is 1. The molecule has 0 aliphatic rings. The summed E-state index contributed by atoms with van der Waals surface area (Å²) in [6.45, 7) is 0. The minimum Gasteiger partial charge on any atom is -0.296 e. The van der Waals surface area contributed by atoms with E-state index < -0.39 is 0 Å². The van der Waals surface area contributed by atoms with E-state index in [9.17, 15) is 4.79 Å². The SMILES string of the molecule is O=C(C(Br)c1ccc(-c2ccccc2)cc1)C(Br)c1ccc(-c2ccccc2)cc1. The van der Waals surface area contributed by atoms with Gasteiger partial charge in [-0.25, -0.2) is 0 Å². The Kier molecular flexibility index (Phi) is 6.61. The maximum atomic E-state index is 13.1. The lowest BCUT2D eigenvalue weighted by atomic mass is 9.98. The average Bonchev–Trinajstić information content (AvgIpc) is 2.84. The second-order valence-electron chi connectivity index (χ2n) is 7.10. The van der Waals surface area contributed by atoms with E-state index in [0.29, 0.717) is 0 Å². The standard InChI is InChI=1S/C27H20Br2O/c28-25(23-15-11-21(12-16-23)19-7-3-1-4-8-19)27(30)26(29)24-17-13-22(14-18-24)20-9-5-2-6-10-20/h1-18,25-26H. The first-order valence-corrected chi connectivity index (χ1v) is 11.6. The summed E-state index contributed by atoms with van der Waals surface area (Å²) >= 11 is 7.20. The third-order valence-electron chi connectivity index (χ3n) is 5.12. The van der Waals surface area contributed by atoms with Gasteiger partial charge in [0.25, 0.3) is 0 Å². The zero-order valence-electron chi connectivity index (χ0n) is 16.2. The summed E-state index contributed by atoms with van der Waals surface area (Å²) in [6.07, 6.45) is 0. The lowest BCUT2D eigenvalue weighted by Crippen LogP contribution is -2.12. The van der Waals surface area contributed by atoms with Gasteiger partial charge in [-0.05, 0) is 33.4 Å². The van der Waals surface area contributed by atoms with Crippen LogP contribution < -0.4 is 0 Å². The highest BCUT2D eigenvalue weighted by Gasteiger charge is 2.25. The summed E-state index contributed by atoms with van der Waals surface area (Å²) in [5.41, 5.74) is 6.50. The minimum absolute atomic E-state index is 0.0786. The lowest BCUT2D eigenvalue weighted by molar-refractivity contribution is -0.118. The van der Waals surface area contributed by atoms with Crippen LogP contribution in [0.5, 0.6) is 0 Å². The molecule has 0 amide bonds. The van der Waals surface area contributed by atoms with Gasteiger partial charge in [-0.15, -0.1) is 0 Å². The van der Waals surface area contributed by atoms with Crippen molar-refractivity contribution in [1.82, 2.24) is 0 Å². The second-order valence-corrected chi connectivity index (χ2v) is 8.93. The molecule has 0 aromatic heterocycles. The van der Waals surface area contributed by atoms with Gasteiger partial charge in [0.1, 0.15) is 0 Å². The van der Waals surface area contributed by atoms with Gasteiger partial charge in [0.15, 0.2) is 5.78 Å². The predicted molar refractivity (Wildman–Crippen MR) is 132 cm³/mol. The fourth-order valence-corrected chi connectivity index (χ4v) is 4.90. The molecule has 4 rings (SSSR count). The summed E-state index contributed by atoms with van der Waals surface area (Å²) in [7, 11) is 0. The van der Waals surface area contributed by atoms with Crippen molar-refractivity contribution in [3.8, 4) is 22.3 Å². The van der Waals surface area contributed by atoms with Crippen LogP contribution in [0.25, 0.3) is 22.3 Å². The number of carbonyl (C=O) groups excluding carboxylic acids is 1. The Morgan fingerprint density at radius 1 is 0.467 bits per heavy atom. The van der Waals surface area contributed by atoms with Gasteiger partial charge in [-0.3, -0.25) is 4.79 Å². The van der Waals surface area contributed by atoms with Crippen LogP contribution >= 0.6 is 31.9 Å². The van der Waals surface area contributed by atoms with Crippen molar-refractivity contribution >= 4 is 37.6 Å². The van der Waals surface area contributed by atoms with Gasteiger partial charge in [0.2, 0.25) is 0 Å². The summed E-state index contributed by atoms with van der Waals surface area (Å²) in [4.78, 5) is 12.3. The largest absolute Gasteiger partial charge is 0.296 e. The molecular weight excluding hydrogens is 500 g/mol. The summed E-state index contributed by atoms with van der Waals surface area (Å²) in [5, 5.41) is 0. The van der Waals surface area contributed by atoms with E-state index in [0.717, 1.165) is 22.3 Å². The quantitative estimate of drug-likeness (QED) is 0.235. The number of rotatable bonds is 6. The second kappa shape index (κ2) is 9.55. The van der Waals surface area contributed by atoms with Crippen LogP contribution in [0, 0.1) is 0 Å². The van der Waals surface area contributed by atoms with Crippen LogP contribution in [-0.4, -0.2) is 5.78 Å². The summed E-state index contributed by atoms with van der Waals surface area (Å²) in [6, 6.07) is 36.7. The lowest BCUT2D eigenvalue weighted by Gasteiger charge is -2.15. The minimum atomic E-state index is -0.375. The third kappa shape index (κ3) is 4.63. The monoisotopic (exact) mass is 518 g/mol. The van der Waals surface area contributed by atoms with Crippen LogP contribution in [0.15, 0.2) is 109 Å². The number of ketones is 1. The molecule has 4 aromatic rings. The van der Waals surface area contributed by atoms with Crippen molar-refractivity contribution in [2.24, 2.45) is 0 Å². The topological polar surface area (TPSA) is 17.1 Å². The van der Waals surface area contributed by atoms with Crippen LogP contribution in [0.2, 0.25) is 0 Å². The number of benzene rings is 4. The fraction of sp³-hybridized carbons (Fsp3) is 0.0741. The molecule has 30 heavy (non-hydrogen) atoms. The van der Waals surface area contributed by atoms with E-state index in [-0.39, 0.29) is 15.4 Å². The summed E-state index contributed by atoms with van der Waals surface area (Å²) in [5.74, 6) is 0.0786. The molecule has 0 radical (unpaired) electrons. The summed E-state index contributed by atoms with van der Waals surface area (Å²) < 4.78 is 0. The van der Waals surface area contributed by atoms with E-state index in [4.69, 9.17) is 0 Å². The van der Waals surface area contributed by atoms with Gasteiger partial charge in [0.05, 0.1) is 9.65 Å². The first-order chi connectivity index (χ1) is 14.6. The molecule has 0 saturated heterocycles. The number of carbonyl (C=O) groups is 1. The van der Waals surface area contributed by atoms with Crippen molar-refractivity contribution in [3.63, 3.8) is 0 Å². The Balaban J connectivity index is 1.48. The molecule has 2 unspecified atom stereocenters. The van der Waals surface area contributed by atoms with E-state index >= 15 is 0 Å². The fourth-order valence-electron chi connectivity index (χ4n) is 3.41. The molecule has 0 spiro atoms. The van der Waals surface area contributed by atoms with Crippen LogP contribution in [0.1, 0.15) is 20.8 Å². The molecule has 3 heteroatoms.